The van der Waals surface area contributed by atoms with Crippen LogP contribution in [0.1, 0.15) is 6.92 Å². The van der Waals surface area contributed by atoms with Gasteiger partial charge in [0.25, 0.3) is 5.12 Å². The molecule has 13 heavy (non-hydrogen) atoms. The molecule has 0 saturated carbocycles. The zero-order chi connectivity index (χ0) is 10.5. The third-order valence-corrected chi connectivity index (χ3v) is 1.73. The van der Waals surface area contributed by atoms with Gasteiger partial charge in [0.1, 0.15) is 0 Å². The lowest BCUT2D eigenvalue weighted by Crippen LogP contribution is -2.21. The van der Waals surface area contributed by atoms with Crippen molar-refractivity contribution in [3.8, 4) is 0 Å². The van der Waals surface area contributed by atoms with Crippen molar-refractivity contribution in [3.05, 3.63) is 0 Å². The molecule has 0 atom stereocenters. The Balaban J connectivity index is 3.77. The number of hydrogen-bond donors (Lipinski definition) is 0. The summed E-state index contributed by atoms with van der Waals surface area (Å²) in [6.07, 6.45) is -4.89. The molecule has 0 aromatic rings. The summed E-state index contributed by atoms with van der Waals surface area (Å²) >= 11 is -0.107. The van der Waals surface area contributed by atoms with Crippen molar-refractivity contribution < 1.29 is 27.5 Å². The lowest BCUT2D eigenvalue weighted by Gasteiger charge is -2.03. The highest BCUT2D eigenvalue weighted by molar-refractivity contribution is 8.14. The molecule has 0 bridgehead atoms. The van der Waals surface area contributed by atoms with E-state index in [2.05, 4.69) is 4.74 Å². The summed E-state index contributed by atoms with van der Waals surface area (Å²) in [7, 11) is 0. The summed E-state index contributed by atoms with van der Waals surface area (Å²) in [5.41, 5.74) is 0. The highest BCUT2D eigenvalue weighted by Gasteiger charge is 2.39. The summed E-state index contributed by atoms with van der Waals surface area (Å²) in [5.74, 6) is -1.43. The van der Waals surface area contributed by atoms with E-state index in [0.29, 0.717) is 0 Å². The van der Waals surface area contributed by atoms with Crippen LogP contribution in [0.2, 0.25) is 0 Å². The molecular formula is C6H7F3O3S. The second-order valence-electron chi connectivity index (χ2n) is 1.88. The van der Waals surface area contributed by atoms with Crippen molar-refractivity contribution in [2.75, 3.05) is 12.4 Å². The number of alkyl halides is 3. The monoisotopic (exact) mass is 216 g/mol. The van der Waals surface area contributed by atoms with E-state index in [1.54, 1.807) is 0 Å². The van der Waals surface area contributed by atoms with Crippen molar-refractivity contribution in [1.29, 1.82) is 0 Å². The molecular weight excluding hydrogens is 209 g/mol. The molecule has 0 rings (SSSR count). The van der Waals surface area contributed by atoms with Crippen LogP contribution in [0, 0.1) is 0 Å². The van der Waals surface area contributed by atoms with Gasteiger partial charge < -0.3 is 4.74 Å². The normalized spacial score (nSPS) is 11.1. The molecule has 0 aliphatic carbocycles. The molecule has 0 amide bonds. The van der Waals surface area contributed by atoms with Gasteiger partial charge in [0, 0.05) is 0 Å². The smallest absolute Gasteiger partial charge is 0.460 e. The van der Waals surface area contributed by atoms with Crippen molar-refractivity contribution in [2.45, 2.75) is 13.1 Å². The van der Waals surface area contributed by atoms with E-state index in [1.165, 1.54) is 6.92 Å². The van der Waals surface area contributed by atoms with Crippen molar-refractivity contribution in [2.24, 2.45) is 0 Å². The Bertz CT molecular complexity index is 202. The molecule has 0 unspecified atom stereocenters. The van der Waals surface area contributed by atoms with Crippen molar-refractivity contribution in [1.82, 2.24) is 0 Å². The van der Waals surface area contributed by atoms with E-state index < -0.39 is 23.0 Å². The van der Waals surface area contributed by atoms with Gasteiger partial charge >= 0.3 is 12.1 Å². The molecule has 76 valence electrons. The number of esters is 1. The average Bonchev–Trinajstić information content (AvgIpc) is 1.99. The van der Waals surface area contributed by atoms with Gasteiger partial charge in [0.15, 0.2) is 0 Å². The second-order valence-corrected chi connectivity index (χ2v) is 2.83. The number of rotatable bonds is 3. The first-order chi connectivity index (χ1) is 5.88. The number of halogens is 3. The van der Waals surface area contributed by atoms with Gasteiger partial charge in [-0.15, -0.1) is 0 Å². The molecule has 0 aliphatic heterocycles. The van der Waals surface area contributed by atoms with Gasteiger partial charge in [-0.1, -0.05) is 11.8 Å². The zero-order valence-electron chi connectivity index (χ0n) is 6.68. The minimum atomic E-state index is -4.89. The fourth-order valence-corrected chi connectivity index (χ4v) is 0.905. The standard InChI is InChI=1S/C6H7F3O3S/c1-2-12-4(10)3-13-5(11)6(7,8)9/h2-3H2,1H3. The van der Waals surface area contributed by atoms with Crippen LogP contribution in [0.3, 0.4) is 0 Å². The average molecular weight is 216 g/mol. The van der Waals surface area contributed by atoms with Gasteiger partial charge in [-0.2, -0.15) is 13.2 Å². The summed E-state index contributed by atoms with van der Waals surface area (Å²) in [5, 5.41) is -1.99. The van der Waals surface area contributed by atoms with Crippen LogP contribution in [-0.2, 0) is 14.3 Å². The van der Waals surface area contributed by atoms with Crippen LogP contribution in [0.25, 0.3) is 0 Å². The van der Waals surface area contributed by atoms with Crippen LogP contribution >= 0.6 is 11.8 Å². The number of hydrogen-bond acceptors (Lipinski definition) is 4. The highest BCUT2D eigenvalue weighted by atomic mass is 32.2. The molecule has 0 spiro atoms. The number of thioether (sulfide) groups is 1. The molecule has 0 radical (unpaired) electrons. The molecule has 0 saturated heterocycles. The molecule has 0 N–H and O–H groups in total. The quantitative estimate of drug-likeness (QED) is 0.668. The van der Waals surface area contributed by atoms with Gasteiger partial charge in [0.2, 0.25) is 0 Å². The van der Waals surface area contributed by atoms with E-state index in [4.69, 9.17) is 0 Å². The highest BCUT2D eigenvalue weighted by Crippen LogP contribution is 2.23. The minimum absolute atomic E-state index is 0.0829. The van der Waals surface area contributed by atoms with Gasteiger partial charge in [-0.25, -0.2) is 0 Å². The maximum atomic E-state index is 11.6. The van der Waals surface area contributed by atoms with Crippen LogP contribution in [0.4, 0.5) is 13.2 Å². The largest absolute Gasteiger partial charge is 0.465 e. The first-order valence-electron chi connectivity index (χ1n) is 3.27. The van der Waals surface area contributed by atoms with E-state index in [0.717, 1.165) is 0 Å². The topological polar surface area (TPSA) is 43.4 Å². The van der Waals surface area contributed by atoms with E-state index in [1.807, 2.05) is 0 Å². The third-order valence-electron chi connectivity index (χ3n) is 0.858. The number of ether oxygens (including phenoxy) is 1. The Morgan fingerprint density at radius 1 is 1.38 bits per heavy atom. The molecule has 3 nitrogen and oxygen atoms in total. The predicted octanol–water partition coefficient (Wildman–Crippen LogP) is 1.37. The maximum Gasteiger partial charge on any atom is 0.460 e. The molecule has 7 heteroatoms. The Labute approximate surface area is 76.6 Å². The fourth-order valence-electron chi connectivity index (χ4n) is 0.409. The second kappa shape index (κ2) is 5.11. The van der Waals surface area contributed by atoms with E-state index >= 15 is 0 Å². The lowest BCUT2D eigenvalue weighted by molar-refractivity contribution is -0.160. The molecule has 0 heterocycles. The Hall–Kier alpha value is -0.720. The molecule has 0 aromatic heterocycles. The fraction of sp³-hybridized carbons (Fsp3) is 0.667. The molecule has 0 fully saturated rings. The Kier molecular flexibility index (Phi) is 4.82. The Morgan fingerprint density at radius 2 is 1.92 bits per heavy atom. The number of carbonyl (C=O) groups is 2. The summed E-state index contributed by atoms with van der Waals surface area (Å²) in [4.78, 5) is 20.7. The van der Waals surface area contributed by atoms with Crippen LogP contribution in [-0.4, -0.2) is 29.6 Å². The van der Waals surface area contributed by atoms with Gasteiger partial charge in [-0.3, -0.25) is 9.59 Å². The van der Waals surface area contributed by atoms with Crippen LogP contribution in [0.5, 0.6) is 0 Å². The lowest BCUT2D eigenvalue weighted by atomic mass is 10.7. The third kappa shape index (κ3) is 5.51. The summed E-state index contributed by atoms with van der Waals surface area (Å²) < 4.78 is 39.0. The van der Waals surface area contributed by atoms with Crippen LogP contribution in [0.15, 0.2) is 0 Å². The minimum Gasteiger partial charge on any atom is -0.465 e. The summed E-state index contributed by atoms with van der Waals surface area (Å²) in [6, 6.07) is 0. The van der Waals surface area contributed by atoms with Crippen LogP contribution < -0.4 is 0 Å². The Morgan fingerprint density at radius 3 is 2.31 bits per heavy atom. The predicted molar refractivity (Wildman–Crippen MR) is 40.2 cm³/mol. The first kappa shape index (κ1) is 12.3. The SMILES string of the molecule is CCOC(=O)CSC(=O)C(F)(F)F. The summed E-state index contributed by atoms with van der Waals surface area (Å²) in [6.45, 7) is 1.60. The van der Waals surface area contributed by atoms with Gasteiger partial charge in [0.05, 0.1) is 12.4 Å². The van der Waals surface area contributed by atoms with Crippen molar-refractivity contribution in [3.63, 3.8) is 0 Å². The van der Waals surface area contributed by atoms with E-state index in [9.17, 15) is 22.8 Å². The number of carbonyl (C=O) groups excluding carboxylic acids is 2. The maximum absolute atomic E-state index is 11.6. The zero-order valence-corrected chi connectivity index (χ0v) is 7.50. The molecule has 0 aliphatic rings. The van der Waals surface area contributed by atoms with E-state index in [-0.39, 0.29) is 18.4 Å². The van der Waals surface area contributed by atoms with Crippen molar-refractivity contribution >= 4 is 22.8 Å². The van der Waals surface area contributed by atoms with Gasteiger partial charge in [-0.05, 0) is 6.92 Å². The molecule has 0 aromatic carbocycles. The first-order valence-corrected chi connectivity index (χ1v) is 4.26.